The van der Waals surface area contributed by atoms with Crippen molar-refractivity contribution in [3.8, 4) is 11.8 Å². The van der Waals surface area contributed by atoms with Crippen LogP contribution in [0.2, 0.25) is 0 Å². The Morgan fingerprint density at radius 3 is 2.80 bits per heavy atom. The summed E-state index contributed by atoms with van der Waals surface area (Å²) in [5.41, 5.74) is 2.67. The molecule has 0 heterocycles. The van der Waals surface area contributed by atoms with E-state index in [1.165, 1.54) is 17.7 Å². The lowest BCUT2D eigenvalue weighted by Crippen LogP contribution is -2.03. The van der Waals surface area contributed by atoms with Crippen LogP contribution in [0.5, 0.6) is 0 Å². The van der Waals surface area contributed by atoms with Gasteiger partial charge in [-0.05, 0) is 25.0 Å². The molecule has 1 aromatic rings. The lowest BCUT2D eigenvalue weighted by atomic mass is 10.1. The Bertz CT molecular complexity index is 344. The van der Waals surface area contributed by atoms with Crippen LogP contribution in [0.15, 0.2) is 24.3 Å². The van der Waals surface area contributed by atoms with Crippen LogP contribution in [-0.2, 0) is 6.42 Å². The smallest absolute Gasteiger partial charge is 0.0373 e. The van der Waals surface area contributed by atoms with Gasteiger partial charge in [0.05, 0.1) is 0 Å². The van der Waals surface area contributed by atoms with Gasteiger partial charge in [-0.3, -0.25) is 0 Å². The van der Waals surface area contributed by atoms with E-state index in [1.54, 1.807) is 0 Å². The number of hydrogen-bond donors (Lipinski definition) is 1. The number of rotatable bonds is 5. The Kier molecular flexibility index (Phi) is 5.40. The number of nitrogens with one attached hydrogen (secondary N) is 1. The van der Waals surface area contributed by atoms with Crippen LogP contribution in [0.25, 0.3) is 0 Å². The van der Waals surface area contributed by atoms with Crippen molar-refractivity contribution in [2.45, 2.75) is 33.1 Å². The van der Waals surface area contributed by atoms with E-state index >= 15 is 0 Å². The summed E-state index contributed by atoms with van der Waals surface area (Å²) in [7, 11) is 0. The second kappa shape index (κ2) is 6.95. The molecule has 0 fully saturated rings. The second-order valence-corrected chi connectivity index (χ2v) is 3.51. The molecule has 1 aromatic carbocycles. The number of hydrogen-bond acceptors (Lipinski definition) is 1. The predicted octanol–water partition coefficient (Wildman–Crippen LogP) is 3.46. The Morgan fingerprint density at radius 1 is 1.27 bits per heavy atom. The third-order valence-corrected chi connectivity index (χ3v) is 2.28. The Morgan fingerprint density at radius 2 is 2.07 bits per heavy atom. The van der Waals surface area contributed by atoms with Crippen molar-refractivity contribution >= 4 is 5.69 Å². The van der Waals surface area contributed by atoms with E-state index in [0.29, 0.717) is 0 Å². The largest absolute Gasteiger partial charge is 0.384 e. The zero-order valence-electron chi connectivity index (χ0n) is 9.64. The van der Waals surface area contributed by atoms with E-state index in [2.05, 4.69) is 48.3 Å². The maximum Gasteiger partial charge on any atom is 0.0373 e. The van der Waals surface area contributed by atoms with Gasteiger partial charge in [0.2, 0.25) is 0 Å². The molecule has 0 aliphatic rings. The molecule has 80 valence electrons. The first-order valence-electron chi connectivity index (χ1n) is 5.60. The van der Waals surface area contributed by atoms with Gasteiger partial charge >= 0.3 is 0 Å². The van der Waals surface area contributed by atoms with Crippen LogP contribution in [0.3, 0.4) is 0 Å². The van der Waals surface area contributed by atoms with Gasteiger partial charge in [0, 0.05) is 18.7 Å². The van der Waals surface area contributed by atoms with E-state index in [4.69, 9.17) is 0 Å². The second-order valence-electron chi connectivity index (χ2n) is 3.51. The summed E-state index contributed by atoms with van der Waals surface area (Å²) >= 11 is 0. The fourth-order valence-corrected chi connectivity index (χ4v) is 1.56. The summed E-state index contributed by atoms with van der Waals surface area (Å²) in [6, 6.07) is 8.51. The Balaban J connectivity index is 2.53. The minimum absolute atomic E-state index is 0.914. The molecular weight excluding hydrogens is 182 g/mol. The summed E-state index contributed by atoms with van der Waals surface area (Å²) in [4.78, 5) is 0. The van der Waals surface area contributed by atoms with E-state index in [0.717, 1.165) is 19.4 Å². The molecule has 0 bridgehead atoms. The van der Waals surface area contributed by atoms with Gasteiger partial charge in [0.25, 0.3) is 0 Å². The van der Waals surface area contributed by atoms with E-state index in [-0.39, 0.29) is 0 Å². The number of aryl methyl sites for hydroxylation is 1. The topological polar surface area (TPSA) is 12.0 Å². The molecule has 0 spiro atoms. The first-order valence-corrected chi connectivity index (χ1v) is 5.60. The van der Waals surface area contributed by atoms with E-state index in [9.17, 15) is 0 Å². The lowest BCUT2D eigenvalue weighted by Gasteiger charge is -2.09. The highest BCUT2D eigenvalue weighted by Crippen LogP contribution is 2.16. The summed E-state index contributed by atoms with van der Waals surface area (Å²) in [6.07, 6.45) is 3.24. The molecule has 0 unspecified atom stereocenters. The fraction of sp³-hybridized carbons (Fsp3) is 0.429. The number of benzene rings is 1. The fourth-order valence-electron chi connectivity index (χ4n) is 1.56. The molecule has 0 atom stereocenters. The summed E-state index contributed by atoms with van der Waals surface area (Å²) in [5.74, 6) is 5.96. The van der Waals surface area contributed by atoms with Crippen molar-refractivity contribution in [3.05, 3.63) is 29.8 Å². The molecule has 1 nitrogen and oxygen atoms in total. The molecular formula is C14H19N. The maximum atomic E-state index is 3.43. The molecule has 0 aliphatic heterocycles. The van der Waals surface area contributed by atoms with Crippen molar-refractivity contribution in [2.75, 3.05) is 11.9 Å². The van der Waals surface area contributed by atoms with Gasteiger partial charge in [0.15, 0.2) is 0 Å². The average Bonchev–Trinajstić information content (AvgIpc) is 2.27. The van der Waals surface area contributed by atoms with Gasteiger partial charge in [-0.2, -0.15) is 0 Å². The maximum absolute atomic E-state index is 3.43. The van der Waals surface area contributed by atoms with E-state index < -0.39 is 0 Å². The zero-order chi connectivity index (χ0) is 10.9. The normalized spacial score (nSPS) is 9.20. The molecule has 0 amide bonds. The number of para-hydroxylation sites is 1. The Hall–Kier alpha value is -1.42. The van der Waals surface area contributed by atoms with Gasteiger partial charge in [0.1, 0.15) is 0 Å². The molecule has 0 aliphatic carbocycles. The minimum Gasteiger partial charge on any atom is -0.384 e. The van der Waals surface area contributed by atoms with Crippen molar-refractivity contribution in [2.24, 2.45) is 0 Å². The van der Waals surface area contributed by atoms with Crippen LogP contribution in [0, 0.1) is 11.8 Å². The highest BCUT2D eigenvalue weighted by atomic mass is 14.9. The minimum atomic E-state index is 0.914. The van der Waals surface area contributed by atoms with Crippen molar-refractivity contribution in [1.82, 2.24) is 0 Å². The third kappa shape index (κ3) is 4.08. The molecule has 1 N–H and O–H groups in total. The first-order chi connectivity index (χ1) is 7.38. The summed E-state index contributed by atoms with van der Waals surface area (Å²) in [6.45, 7) is 5.02. The first kappa shape index (κ1) is 11.7. The molecule has 1 rings (SSSR count). The van der Waals surface area contributed by atoms with Crippen molar-refractivity contribution in [3.63, 3.8) is 0 Å². The molecule has 0 radical (unpaired) electrons. The Labute approximate surface area is 92.9 Å². The van der Waals surface area contributed by atoms with Gasteiger partial charge in [-0.25, -0.2) is 0 Å². The average molecular weight is 201 g/mol. The third-order valence-electron chi connectivity index (χ3n) is 2.28. The van der Waals surface area contributed by atoms with Gasteiger partial charge in [-0.1, -0.05) is 31.5 Å². The van der Waals surface area contributed by atoms with Gasteiger partial charge in [-0.15, -0.1) is 11.8 Å². The quantitative estimate of drug-likeness (QED) is 0.568. The monoisotopic (exact) mass is 201 g/mol. The summed E-state index contributed by atoms with van der Waals surface area (Å²) < 4.78 is 0. The molecule has 0 saturated heterocycles. The number of anilines is 1. The SMILES string of the molecule is CC#CCCNc1ccccc1CCC. The zero-order valence-corrected chi connectivity index (χ0v) is 9.64. The summed E-state index contributed by atoms with van der Waals surface area (Å²) in [5, 5.41) is 3.43. The van der Waals surface area contributed by atoms with Crippen LogP contribution >= 0.6 is 0 Å². The van der Waals surface area contributed by atoms with Crippen LogP contribution in [0.1, 0.15) is 32.3 Å². The van der Waals surface area contributed by atoms with Crippen molar-refractivity contribution < 1.29 is 0 Å². The van der Waals surface area contributed by atoms with E-state index in [1.807, 2.05) is 6.92 Å². The molecule has 15 heavy (non-hydrogen) atoms. The highest BCUT2D eigenvalue weighted by Gasteiger charge is 1.98. The molecule has 0 saturated carbocycles. The molecule has 1 heteroatoms. The molecule has 0 aromatic heterocycles. The van der Waals surface area contributed by atoms with Crippen molar-refractivity contribution in [1.29, 1.82) is 0 Å². The van der Waals surface area contributed by atoms with Crippen LogP contribution in [-0.4, -0.2) is 6.54 Å². The predicted molar refractivity (Wildman–Crippen MR) is 67.0 cm³/mol. The van der Waals surface area contributed by atoms with Crippen LogP contribution in [0.4, 0.5) is 5.69 Å². The van der Waals surface area contributed by atoms with Gasteiger partial charge < -0.3 is 5.32 Å². The highest BCUT2D eigenvalue weighted by molar-refractivity contribution is 5.51. The van der Waals surface area contributed by atoms with Crippen LogP contribution < -0.4 is 5.32 Å². The standard InChI is InChI=1S/C14H19N/c1-3-5-8-12-15-14-11-7-6-10-13(14)9-4-2/h6-7,10-11,15H,4,8-9,12H2,1-2H3. The lowest BCUT2D eigenvalue weighted by molar-refractivity contribution is 0.919.